The molecule has 0 aromatic rings. The van der Waals surface area contributed by atoms with Crippen LogP contribution in [-0.2, 0) is 0 Å². The summed E-state index contributed by atoms with van der Waals surface area (Å²) < 4.78 is 0.430. The summed E-state index contributed by atoms with van der Waals surface area (Å²) in [7, 11) is 1.96. The third-order valence-corrected chi connectivity index (χ3v) is 3.21. The van der Waals surface area contributed by atoms with Gasteiger partial charge in [-0.1, -0.05) is 25.3 Å². The van der Waals surface area contributed by atoms with Crippen LogP contribution in [0.3, 0.4) is 0 Å². The van der Waals surface area contributed by atoms with Crippen LogP contribution in [0.5, 0.6) is 0 Å². The van der Waals surface area contributed by atoms with Crippen molar-refractivity contribution in [1.29, 1.82) is 0 Å². The molecule has 0 aliphatic carbocycles. The number of rotatable bonds is 10. The van der Waals surface area contributed by atoms with Crippen molar-refractivity contribution in [3.8, 4) is 0 Å². The van der Waals surface area contributed by atoms with Crippen LogP contribution in [0, 0.1) is 0 Å². The van der Waals surface area contributed by atoms with Gasteiger partial charge in [-0.05, 0) is 12.2 Å². The van der Waals surface area contributed by atoms with Crippen molar-refractivity contribution in [2.24, 2.45) is 0 Å². The Balaban J connectivity index is 5.36. The molecule has 0 heterocycles. The fourth-order valence-electron chi connectivity index (χ4n) is 2.37. The molecule has 0 amide bonds. The van der Waals surface area contributed by atoms with Crippen molar-refractivity contribution in [1.82, 2.24) is 0 Å². The molecular formula is C15H26NO2+. The molecule has 0 aliphatic rings. The molecule has 0 radical (unpaired) electrons. The summed E-state index contributed by atoms with van der Waals surface area (Å²) in [4.78, 5) is 0. The third kappa shape index (κ3) is 4.26. The molecule has 3 heteroatoms. The topological polar surface area (TPSA) is 40.5 Å². The summed E-state index contributed by atoms with van der Waals surface area (Å²) in [6, 6.07) is -0.399. The highest BCUT2D eigenvalue weighted by Gasteiger charge is 2.45. The fourth-order valence-corrected chi connectivity index (χ4v) is 2.37. The van der Waals surface area contributed by atoms with Crippen molar-refractivity contribution in [3.63, 3.8) is 0 Å². The van der Waals surface area contributed by atoms with Crippen molar-refractivity contribution in [3.05, 3.63) is 50.6 Å². The minimum Gasteiger partial charge on any atom is -0.361 e. The lowest BCUT2D eigenvalue weighted by atomic mass is 9.96. The van der Waals surface area contributed by atoms with Gasteiger partial charge in [0.15, 0.2) is 0 Å². The van der Waals surface area contributed by atoms with E-state index in [-0.39, 0.29) is 6.42 Å². The van der Waals surface area contributed by atoms with E-state index < -0.39 is 11.8 Å². The normalized spacial score (nSPS) is 13.7. The number of hydrogen-bond acceptors (Lipinski definition) is 2. The van der Waals surface area contributed by atoms with E-state index in [2.05, 4.69) is 26.3 Å². The Labute approximate surface area is 111 Å². The molecule has 0 rings (SSSR count). The van der Waals surface area contributed by atoms with Crippen LogP contribution in [0.15, 0.2) is 50.6 Å². The Morgan fingerprint density at radius 1 is 1.00 bits per heavy atom. The zero-order valence-electron chi connectivity index (χ0n) is 11.4. The summed E-state index contributed by atoms with van der Waals surface area (Å²) in [5, 5.41) is 20.5. The lowest BCUT2D eigenvalue weighted by Gasteiger charge is -2.45. The Kier molecular flexibility index (Phi) is 6.84. The first-order chi connectivity index (χ1) is 8.37. The van der Waals surface area contributed by atoms with Crippen LogP contribution in [0.1, 0.15) is 12.8 Å². The standard InChI is InChI=1S/C15H26NO2/c1-6-10-14(15(17,18)11-7-2)16(5,12-8-3)13-9-4/h6-9,14,17-18H,1-4,10-13H2,5H3/q+1. The smallest absolute Gasteiger partial charge is 0.220 e. The van der Waals surface area contributed by atoms with E-state index in [4.69, 9.17) is 0 Å². The Morgan fingerprint density at radius 3 is 1.83 bits per heavy atom. The number of aliphatic hydroxyl groups is 2. The van der Waals surface area contributed by atoms with Gasteiger partial charge in [-0.15, -0.1) is 13.2 Å². The quantitative estimate of drug-likeness (QED) is 0.355. The highest BCUT2D eigenvalue weighted by atomic mass is 16.5. The fraction of sp³-hybridized carbons (Fsp3) is 0.467. The lowest BCUT2D eigenvalue weighted by Crippen LogP contribution is -2.62. The van der Waals surface area contributed by atoms with E-state index in [0.29, 0.717) is 24.0 Å². The number of likely N-dealkylation sites (N-methyl/N-ethyl adjacent to an activating group) is 1. The largest absolute Gasteiger partial charge is 0.361 e. The Morgan fingerprint density at radius 2 is 1.50 bits per heavy atom. The molecule has 18 heavy (non-hydrogen) atoms. The first kappa shape index (κ1) is 16.8. The maximum Gasteiger partial charge on any atom is 0.220 e. The van der Waals surface area contributed by atoms with Gasteiger partial charge in [-0.3, -0.25) is 0 Å². The molecule has 3 nitrogen and oxygen atoms in total. The zero-order chi connectivity index (χ0) is 14.2. The van der Waals surface area contributed by atoms with Gasteiger partial charge in [0.2, 0.25) is 5.79 Å². The molecule has 0 saturated heterocycles. The van der Waals surface area contributed by atoms with E-state index >= 15 is 0 Å². The second-order valence-corrected chi connectivity index (χ2v) is 4.83. The highest BCUT2D eigenvalue weighted by molar-refractivity contribution is 4.90. The van der Waals surface area contributed by atoms with Gasteiger partial charge in [0.05, 0.1) is 20.1 Å². The molecule has 0 spiro atoms. The zero-order valence-corrected chi connectivity index (χ0v) is 11.4. The molecule has 1 atom stereocenters. The van der Waals surface area contributed by atoms with Crippen molar-refractivity contribution < 1.29 is 14.7 Å². The van der Waals surface area contributed by atoms with Gasteiger partial charge in [-0.25, -0.2) is 0 Å². The SMILES string of the molecule is C=CCC(C(O)(O)CC=C)[N+](C)(CC=C)CC=C. The van der Waals surface area contributed by atoms with Gasteiger partial charge in [0.25, 0.3) is 0 Å². The lowest BCUT2D eigenvalue weighted by molar-refractivity contribution is -0.933. The van der Waals surface area contributed by atoms with Crippen LogP contribution in [0.25, 0.3) is 0 Å². The van der Waals surface area contributed by atoms with Crippen LogP contribution in [-0.4, -0.2) is 46.7 Å². The average molecular weight is 252 g/mol. The first-order valence-electron chi connectivity index (χ1n) is 6.10. The van der Waals surface area contributed by atoms with Crippen molar-refractivity contribution in [2.75, 3.05) is 20.1 Å². The van der Waals surface area contributed by atoms with Gasteiger partial charge in [0, 0.05) is 12.8 Å². The van der Waals surface area contributed by atoms with Crippen LogP contribution in [0.2, 0.25) is 0 Å². The van der Waals surface area contributed by atoms with Crippen molar-refractivity contribution in [2.45, 2.75) is 24.7 Å². The second kappa shape index (κ2) is 7.31. The van der Waals surface area contributed by atoms with Gasteiger partial charge in [0.1, 0.15) is 6.04 Å². The number of quaternary nitrogens is 1. The van der Waals surface area contributed by atoms with E-state index in [1.54, 1.807) is 18.2 Å². The van der Waals surface area contributed by atoms with Gasteiger partial charge >= 0.3 is 0 Å². The van der Waals surface area contributed by atoms with Crippen molar-refractivity contribution >= 4 is 0 Å². The number of hydrogen-bond donors (Lipinski definition) is 2. The van der Waals surface area contributed by atoms with Gasteiger partial charge < -0.3 is 14.7 Å². The molecule has 0 aromatic carbocycles. The monoisotopic (exact) mass is 252 g/mol. The van der Waals surface area contributed by atoms with E-state index in [9.17, 15) is 10.2 Å². The summed E-state index contributed by atoms with van der Waals surface area (Å²) >= 11 is 0. The molecule has 1 unspecified atom stereocenters. The molecule has 0 aliphatic heterocycles. The molecule has 102 valence electrons. The van der Waals surface area contributed by atoms with Gasteiger partial charge in [-0.2, -0.15) is 0 Å². The van der Waals surface area contributed by atoms with E-state index in [1.807, 2.05) is 7.05 Å². The van der Waals surface area contributed by atoms with E-state index in [1.165, 1.54) is 6.08 Å². The Bertz CT molecular complexity index is 298. The molecule has 0 saturated carbocycles. The summed E-state index contributed by atoms with van der Waals surface area (Å²) in [5.74, 6) is -1.81. The maximum absolute atomic E-state index is 10.2. The summed E-state index contributed by atoms with van der Waals surface area (Å²) in [6.07, 6.45) is 7.40. The predicted molar refractivity (Wildman–Crippen MR) is 76.9 cm³/mol. The maximum atomic E-state index is 10.2. The molecule has 0 aromatic heterocycles. The van der Waals surface area contributed by atoms with Crippen LogP contribution >= 0.6 is 0 Å². The Hall–Kier alpha value is -1.16. The molecular weight excluding hydrogens is 226 g/mol. The van der Waals surface area contributed by atoms with Crippen LogP contribution < -0.4 is 0 Å². The molecule has 0 bridgehead atoms. The highest BCUT2D eigenvalue weighted by Crippen LogP contribution is 2.27. The molecule has 0 fully saturated rings. The first-order valence-corrected chi connectivity index (χ1v) is 6.10. The third-order valence-electron chi connectivity index (χ3n) is 3.21. The van der Waals surface area contributed by atoms with Crippen LogP contribution in [0.4, 0.5) is 0 Å². The summed E-state index contributed by atoms with van der Waals surface area (Å²) in [5.41, 5.74) is 0. The summed E-state index contributed by atoms with van der Waals surface area (Å²) in [6.45, 7) is 16.0. The van der Waals surface area contributed by atoms with E-state index in [0.717, 1.165) is 0 Å². The second-order valence-electron chi connectivity index (χ2n) is 4.83. The minimum atomic E-state index is -1.81. The minimum absolute atomic E-state index is 0.119. The number of nitrogens with zero attached hydrogens (tertiary/aromatic N) is 1. The molecule has 2 N–H and O–H groups in total. The average Bonchev–Trinajstić information content (AvgIpc) is 2.26. The predicted octanol–water partition coefficient (Wildman–Crippen LogP) is 2.01.